The van der Waals surface area contributed by atoms with Crippen molar-refractivity contribution in [1.82, 2.24) is 0 Å². The lowest BCUT2D eigenvalue weighted by Crippen LogP contribution is -2.47. The van der Waals surface area contributed by atoms with E-state index in [4.69, 9.17) is 5.11 Å². The van der Waals surface area contributed by atoms with E-state index in [2.05, 4.69) is 18.4 Å². The highest BCUT2D eigenvalue weighted by Crippen LogP contribution is 2.39. The van der Waals surface area contributed by atoms with Crippen LogP contribution in [0, 0.1) is 0 Å². The lowest BCUT2D eigenvalue weighted by Gasteiger charge is -2.25. The molecule has 0 aliphatic carbocycles. The van der Waals surface area contributed by atoms with Gasteiger partial charge in [0.05, 0.1) is 0 Å². The fraction of sp³-hybridized carbons (Fsp3) is 0.939. The van der Waals surface area contributed by atoms with E-state index in [-0.39, 0.29) is 19.4 Å². The molecule has 2 unspecified atom stereocenters. The van der Waals surface area contributed by atoms with Crippen molar-refractivity contribution in [1.29, 1.82) is 0 Å². The summed E-state index contributed by atoms with van der Waals surface area (Å²) < 4.78 is 16.0. The van der Waals surface area contributed by atoms with Crippen LogP contribution in [0.1, 0.15) is 175 Å². The molecule has 0 aliphatic heterocycles. The number of carbonyl (C=O) groups excluding carboxylic acids is 2. The van der Waals surface area contributed by atoms with Gasteiger partial charge >= 0.3 is 7.82 Å². The van der Waals surface area contributed by atoms with E-state index in [0.29, 0.717) is 12.8 Å². The van der Waals surface area contributed by atoms with Gasteiger partial charge in [0.1, 0.15) is 12.2 Å². The van der Waals surface area contributed by atoms with Gasteiger partial charge in [-0.25, -0.2) is 4.57 Å². The van der Waals surface area contributed by atoms with Crippen LogP contribution in [0.25, 0.3) is 0 Å². The van der Waals surface area contributed by atoms with E-state index in [0.717, 1.165) is 44.9 Å². The Morgan fingerprint density at radius 1 is 0.558 bits per heavy atom. The molecule has 258 valence electrons. The van der Waals surface area contributed by atoms with E-state index in [1.807, 2.05) is 0 Å². The minimum Gasteiger partial charge on any atom is -0.397 e. The van der Waals surface area contributed by atoms with Crippen molar-refractivity contribution in [3.8, 4) is 0 Å². The van der Waals surface area contributed by atoms with Crippen molar-refractivity contribution in [2.45, 2.75) is 193 Å². The van der Waals surface area contributed by atoms with E-state index < -0.39 is 37.7 Å². The number of rotatable bonds is 30. The van der Waals surface area contributed by atoms with Gasteiger partial charge in [0.2, 0.25) is 0 Å². The summed E-state index contributed by atoms with van der Waals surface area (Å²) in [5.41, 5.74) is 0. The van der Waals surface area contributed by atoms with Gasteiger partial charge in [-0.1, -0.05) is 142 Å². The summed E-state index contributed by atoms with van der Waals surface area (Å²) in [4.78, 5) is 43.6. The van der Waals surface area contributed by atoms with Gasteiger partial charge in [0, 0.05) is 19.4 Å². The number of phosphoric acid groups is 1. The molecular formula is C33H67O9P. The Morgan fingerprint density at radius 3 is 1.14 bits per heavy atom. The Balaban J connectivity index is 0. The first-order chi connectivity index (χ1) is 20.5. The monoisotopic (exact) mass is 638 g/mol. The quantitative estimate of drug-likeness (QED) is 0.0392. The minimum absolute atomic E-state index is 0.0324. The van der Waals surface area contributed by atoms with Crippen molar-refractivity contribution >= 4 is 19.4 Å². The molecule has 0 rings (SSSR count). The van der Waals surface area contributed by atoms with Crippen LogP contribution in [-0.2, 0) is 18.7 Å². The molecule has 0 aliphatic rings. The Kier molecular flexibility index (Phi) is 32.4. The SMILES string of the molecule is CCCCCCCCCCCCCC(=O)C(O)[C@@H](O)C(OP(=O)(O)O)C(=O)CCCCCCCCCCCCC.CCO. The summed E-state index contributed by atoms with van der Waals surface area (Å²) in [5.74, 6) is -1.36. The van der Waals surface area contributed by atoms with Crippen molar-refractivity contribution in [2.75, 3.05) is 6.61 Å². The molecule has 0 aromatic heterocycles. The Morgan fingerprint density at radius 2 is 0.837 bits per heavy atom. The number of aliphatic hydroxyl groups is 3. The van der Waals surface area contributed by atoms with Crippen molar-refractivity contribution in [2.24, 2.45) is 0 Å². The first kappa shape index (κ1) is 44.5. The molecule has 0 amide bonds. The molecule has 3 atom stereocenters. The molecule has 0 saturated carbocycles. The number of carbonyl (C=O) groups is 2. The van der Waals surface area contributed by atoms with Crippen LogP contribution in [0.3, 0.4) is 0 Å². The van der Waals surface area contributed by atoms with Gasteiger partial charge in [-0.2, -0.15) is 0 Å². The second-order valence-electron chi connectivity index (χ2n) is 11.8. The predicted molar refractivity (Wildman–Crippen MR) is 174 cm³/mol. The Labute approximate surface area is 262 Å². The number of unbranched alkanes of at least 4 members (excludes halogenated alkanes) is 20. The summed E-state index contributed by atoms with van der Waals surface area (Å²) >= 11 is 0. The first-order valence-corrected chi connectivity index (χ1v) is 18.8. The molecule has 10 heteroatoms. The van der Waals surface area contributed by atoms with E-state index in [9.17, 15) is 34.2 Å². The molecule has 0 spiro atoms. The van der Waals surface area contributed by atoms with E-state index in [1.165, 1.54) is 83.5 Å². The van der Waals surface area contributed by atoms with Gasteiger partial charge in [0.25, 0.3) is 0 Å². The zero-order valence-corrected chi connectivity index (χ0v) is 28.6. The van der Waals surface area contributed by atoms with Gasteiger partial charge < -0.3 is 25.1 Å². The van der Waals surface area contributed by atoms with Crippen molar-refractivity contribution in [3.63, 3.8) is 0 Å². The summed E-state index contributed by atoms with van der Waals surface area (Å²) in [6, 6.07) is 0. The zero-order chi connectivity index (χ0) is 32.8. The molecule has 0 heterocycles. The molecule has 0 radical (unpaired) electrons. The van der Waals surface area contributed by atoms with Crippen LogP contribution in [0.15, 0.2) is 0 Å². The fourth-order valence-corrected chi connectivity index (χ4v) is 5.57. The Bertz CT molecular complexity index is 683. The van der Waals surface area contributed by atoms with Crippen LogP contribution in [0.4, 0.5) is 0 Å². The minimum atomic E-state index is -5.12. The number of phosphoric ester groups is 1. The molecule has 0 fully saturated rings. The maximum Gasteiger partial charge on any atom is 0.470 e. The van der Waals surface area contributed by atoms with E-state index in [1.54, 1.807) is 6.92 Å². The largest absolute Gasteiger partial charge is 0.470 e. The van der Waals surface area contributed by atoms with Gasteiger partial charge in [-0.15, -0.1) is 0 Å². The normalized spacial score (nSPS) is 13.7. The van der Waals surface area contributed by atoms with Gasteiger partial charge in [-0.05, 0) is 19.8 Å². The maximum atomic E-state index is 12.7. The highest BCUT2D eigenvalue weighted by atomic mass is 31.2. The second-order valence-corrected chi connectivity index (χ2v) is 13.0. The van der Waals surface area contributed by atoms with Crippen LogP contribution >= 0.6 is 7.82 Å². The van der Waals surface area contributed by atoms with Crippen LogP contribution < -0.4 is 0 Å². The third-order valence-electron chi connectivity index (χ3n) is 7.59. The van der Waals surface area contributed by atoms with Gasteiger partial charge in [-0.3, -0.25) is 14.1 Å². The first-order valence-electron chi connectivity index (χ1n) is 17.3. The predicted octanol–water partition coefficient (Wildman–Crippen LogP) is 7.73. The lowest BCUT2D eigenvalue weighted by molar-refractivity contribution is -0.146. The zero-order valence-electron chi connectivity index (χ0n) is 27.7. The molecule has 5 N–H and O–H groups in total. The topological polar surface area (TPSA) is 162 Å². The number of hydrogen-bond acceptors (Lipinski definition) is 7. The standard InChI is InChI=1S/C31H61O8P.C2H6O/c1-3-5-7-9-11-13-15-17-19-21-23-25-27(32)29(34)30(35)31(39-40(36,37)38)28(33)26-24-22-20-18-16-14-12-10-8-6-4-2;1-2-3/h29-31,34-35H,3-26H2,1-2H3,(H2,36,37,38);3H,2H2,1H3/t29?,30-,31?;/m1./s1. The molecule has 0 aromatic rings. The summed E-state index contributed by atoms with van der Waals surface area (Å²) in [6.45, 7) is 6.34. The van der Waals surface area contributed by atoms with Crippen LogP contribution in [0.5, 0.6) is 0 Å². The number of hydrogen-bond donors (Lipinski definition) is 5. The third kappa shape index (κ3) is 29.8. The Hall–Kier alpha value is -0.670. The smallest absolute Gasteiger partial charge is 0.397 e. The molecule has 43 heavy (non-hydrogen) atoms. The number of aliphatic hydroxyl groups excluding tert-OH is 3. The summed E-state index contributed by atoms with van der Waals surface area (Å²) in [5, 5.41) is 28.4. The highest BCUT2D eigenvalue weighted by Gasteiger charge is 2.39. The maximum absolute atomic E-state index is 12.7. The summed E-state index contributed by atoms with van der Waals surface area (Å²) in [6.07, 6.45) is 18.4. The van der Waals surface area contributed by atoms with Crippen LogP contribution in [-0.4, -0.2) is 61.6 Å². The average molecular weight is 639 g/mol. The summed E-state index contributed by atoms with van der Waals surface area (Å²) in [7, 11) is -5.12. The van der Waals surface area contributed by atoms with Crippen molar-refractivity contribution in [3.05, 3.63) is 0 Å². The molecule has 0 aromatic carbocycles. The van der Waals surface area contributed by atoms with Crippen molar-refractivity contribution < 1.29 is 43.8 Å². The van der Waals surface area contributed by atoms with E-state index >= 15 is 0 Å². The molecule has 9 nitrogen and oxygen atoms in total. The number of Topliss-reactive ketones (excluding diaryl/α,β-unsaturated/α-hetero) is 2. The fourth-order valence-electron chi connectivity index (χ4n) is 5.03. The average Bonchev–Trinajstić information content (AvgIpc) is 2.96. The number of ketones is 2. The highest BCUT2D eigenvalue weighted by molar-refractivity contribution is 7.46. The molecular weight excluding hydrogens is 571 g/mol. The molecule has 0 saturated heterocycles. The van der Waals surface area contributed by atoms with Gasteiger partial charge in [0.15, 0.2) is 17.7 Å². The van der Waals surface area contributed by atoms with Crippen LogP contribution in [0.2, 0.25) is 0 Å². The lowest BCUT2D eigenvalue weighted by atomic mass is 9.95. The molecule has 0 bridgehead atoms. The third-order valence-corrected chi connectivity index (χ3v) is 8.09. The second kappa shape index (κ2) is 31.3.